The van der Waals surface area contributed by atoms with Crippen LogP contribution in [0.5, 0.6) is 0 Å². The molecule has 0 amide bonds. The third-order valence-electron chi connectivity index (χ3n) is 1.42. The average molecular weight is 209 g/mol. The number of imidazole rings is 1. The van der Waals surface area contributed by atoms with Gasteiger partial charge in [0.2, 0.25) is 0 Å². The molecule has 0 aliphatic carbocycles. The third-order valence-corrected chi connectivity index (χ3v) is 2.13. The first-order chi connectivity index (χ1) is 5.27. The van der Waals surface area contributed by atoms with Gasteiger partial charge in [-0.15, -0.1) is 0 Å². The van der Waals surface area contributed by atoms with Crippen molar-refractivity contribution in [2.24, 2.45) is 0 Å². The van der Waals surface area contributed by atoms with Crippen LogP contribution in [0.4, 0.5) is 0 Å². The number of aromatic amines is 2. The van der Waals surface area contributed by atoms with Gasteiger partial charge in [-0.05, 0) is 0 Å². The van der Waals surface area contributed by atoms with Gasteiger partial charge in [0.15, 0.2) is 0 Å². The van der Waals surface area contributed by atoms with Crippen LogP contribution in [0.1, 0.15) is 0 Å². The van der Waals surface area contributed by atoms with Crippen molar-refractivity contribution in [3.05, 3.63) is 22.7 Å². The molecule has 2 radical (unpaired) electrons. The second-order valence-corrected chi connectivity index (χ2v) is 3.03. The maximum absolute atomic E-state index is 10.8. The summed E-state index contributed by atoms with van der Waals surface area (Å²) in [4.78, 5) is 20.1. The van der Waals surface area contributed by atoms with Gasteiger partial charge in [0.05, 0.1) is 0 Å². The zero-order valence-corrected chi connectivity index (χ0v) is 7.33. The summed E-state index contributed by atoms with van der Waals surface area (Å²) < 4.78 is 0.772. The van der Waals surface area contributed by atoms with E-state index < -0.39 is 0 Å². The van der Waals surface area contributed by atoms with E-state index in [-0.39, 0.29) is 5.69 Å². The Kier molecular flexibility index (Phi) is 1.36. The molecule has 2 N–H and O–H groups in total. The van der Waals surface area contributed by atoms with Crippen molar-refractivity contribution >= 4 is 32.4 Å². The molecule has 0 atom stereocenters. The number of hydrogen-bond acceptors (Lipinski definition) is 2. The second kappa shape index (κ2) is 2.24. The van der Waals surface area contributed by atoms with Gasteiger partial charge in [0, 0.05) is 0 Å². The Hall–Kier alpha value is -1.02. The topological polar surface area (TPSA) is 61.5 Å². The van der Waals surface area contributed by atoms with Gasteiger partial charge in [-0.2, -0.15) is 0 Å². The summed E-state index contributed by atoms with van der Waals surface area (Å²) in [5.74, 6) is 0. The standard InChI is InChI=1S/C6H4AsN3O/c7-5-4-3(1-2-8-5)9-6(11)10-4/h1-2H,(H2,9,10,11). The molecule has 0 aliphatic rings. The summed E-state index contributed by atoms with van der Waals surface area (Å²) in [6.07, 6.45) is 1.65. The van der Waals surface area contributed by atoms with Crippen LogP contribution in [-0.4, -0.2) is 31.8 Å². The van der Waals surface area contributed by atoms with E-state index in [2.05, 4.69) is 31.8 Å². The van der Waals surface area contributed by atoms with E-state index in [0.29, 0.717) is 0 Å². The van der Waals surface area contributed by atoms with Crippen LogP contribution in [0.2, 0.25) is 0 Å². The van der Waals surface area contributed by atoms with E-state index in [1.807, 2.05) is 0 Å². The van der Waals surface area contributed by atoms with Gasteiger partial charge in [0.25, 0.3) is 0 Å². The van der Waals surface area contributed by atoms with Crippen LogP contribution in [0.15, 0.2) is 17.1 Å². The zero-order chi connectivity index (χ0) is 7.84. The van der Waals surface area contributed by atoms with Crippen molar-refractivity contribution < 1.29 is 0 Å². The molecule has 0 fully saturated rings. The van der Waals surface area contributed by atoms with E-state index >= 15 is 0 Å². The molecule has 0 unspecified atom stereocenters. The molecule has 0 bridgehead atoms. The summed E-state index contributed by atoms with van der Waals surface area (Å²) in [6.45, 7) is 0. The summed E-state index contributed by atoms with van der Waals surface area (Å²) >= 11 is 2.31. The zero-order valence-electron chi connectivity index (χ0n) is 5.46. The second-order valence-electron chi connectivity index (χ2n) is 2.14. The molecule has 0 saturated carbocycles. The molecule has 2 heterocycles. The number of pyridine rings is 1. The molecular formula is C6H4AsN3O. The first-order valence-corrected chi connectivity index (χ1v) is 3.97. The Bertz CT molecular complexity index is 444. The van der Waals surface area contributed by atoms with Crippen LogP contribution in [0, 0.1) is 0 Å². The Balaban J connectivity index is 3.01. The predicted octanol–water partition coefficient (Wildman–Crippen LogP) is -0.955. The van der Waals surface area contributed by atoms with Gasteiger partial charge < -0.3 is 0 Å². The average Bonchev–Trinajstić information content (AvgIpc) is 2.31. The molecule has 2 aromatic rings. The fourth-order valence-corrected chi connectivity index (χ4v) is 1.46. The molecule has 11 heavy (non-hydrogen) atoms. The molecule has 54 valence electrons. The Morgan fingerprint density at radius 3 is 3.00 bits per heavy atom. The van der Waals surface area contributed by atoms with Crippen molar-refractivity contribution in [2.75, 3.05) is 0 Å². The molecule has 2 aromatic heterocycles. The number of H-pyrrole nitrogens is 2. The quantitative estimate of drug-likeness (QED) is 0.549. The predicted molar refractivity (Wildman–Crippen MR) is 42.1 cm³/mol. The van der Waals surface area contributed by atoms with Gasteiger partial charge in [-0.3, -0.25) is 0 Å². The van der Waals surface area contributed by atoms with Gasteiger partial charge >= 0.3 is 70.1 Å². The normalized spacial score (nSPS) is 10.6. The van der Waals surface area contributed by atoms with E-state index in [0.717, 1.165) is 15.5 Å². The van der Waals surface area contributed by atoms with Gasteiger partial charge in [0.1, 0.15) is 0 Å². The van der Waals surface area contributed by atoms with Crippen molar-refractivity contribution in [1.82, 2.24) is 15.0 Å². The molecule has 4 nitrogen and oxygen atoms in total. The molecule has 2 rings (SSSR count). The van der Waals surface area contributed by atoms with Crippen molar-refractivity contribution in [1.29, 1.82) is 0 Å². The Morgan fingerprint density at radius 1 is 1.45 bits per heavy atom. The molecule has 0 aromatic carbocycles. The summed E-state index contributed by atoms with van der Waals surface area (Å²) in [6, 6.07) is 1.75. The van der Waals surface area contributed by atoms with Crippen LogP contribution >= 0.6 is 0 Å². The van der Waals surface area contributed by atoms with Crippen molar-refractivity contribution in [3.63, 3.8) is 0 Å². The van der Waals surface area contributed by atoms with E-state index in [1.165, 1.54) is 0 Å². The summed E-state index contributed by atoms with van der Waals surface area (Å²) in [5, 5.41) is 0. The number of aromatic nitrogens is 3. The van der Waals surface area contributed by atoms with E-state index in [4.69, 9.17) is 0 Å². The minimum atomic E-state index is -0.194. The molecule has 5 heteroatoms. The number of nitrogens with one attached hydrogen (secondary N) is 2. The summed E-state index contributed by atoms with van der Waals surface area (Å²) in [5.41, 5.74) is 1.36. The molecule has 0 spiro atoms. The van der Waals surface area contributed by atoms with Crippen LogP contribution in [0.3, 0.4) is 0 Å². The molecule has 0 saturated heterocycles. The molecule has 0 aliphatic heterocycles. The van der Waals surface area contributed by atoms with Crippen LogP contribution in [-0.2, 0) is 0 Å². The first-order valence-electron chi connectivity index (χ1n) is 3.03. The fourth-order valence-electron chi connectivity index (χ4n) is 0.945. The van der Waals surface area contributed by atoms with Gasteiger partial charge in [-0.1, -0.05) is 0 Å². The Labute approximate surface area is 70.5 Å². The monoisotopic (exact) mass is 209 g/mol. The summed E-state index contributed by atoms with van der Waals surface area (Å²) in [7, 11) is 0. The number of hydrogen-bond donors (Lipinski definition) is 2. The van der Waals surface area contributed by atoms with E-state index in [9.17, 15) is 4.79 Å². The van der Waals surface area contributed by atoms with Crippen molar-refractivity contribution in [3.8, 4) is 0 Å². The minimum absolute atomic E-state index is 0.194. The third kappa shape index (κ3) is 0.994. The first kappa shape index (κ1) is 6.67. The fraction of sp³-hybridized carbons (Fsp3) is 0. The number of fused-ring (bicyclic) bond motifs is 1. The van der Waals surface area contributed by atoms with E-state index in [1.54, 1.807) is 12.3 Å². The van der Waals surface area contributed by atoms with Gasteiger partial charge in [-0.25, -0.2) is 0 Å². The molecular weight excluding hydrogens is 205 g/mol. The van der Waals surface area contributed by atoms with Crippen molar-refractivity contribution in [2.45, 2.75) is 0 Å². The Morgan fingerprint density at radius 2 is 2.27 bits per heavy atom. The van der Waals surface area contributed by atoms with Crippen LogP contribution < -0.4 is 10.2 Å². The number of rotatable bonds is 0. The number of nitrogens with zero attached hydrogens (tertiary/aromatic N) is 1. The SMILES string of the molecule is O=c1[nH]c2ccnc([As])c2[nH]1. The van der Waals surface area contributed by atoms with Crippen LogP contribution in [0.25, 0.3) is 11.0 Å². The maximum atomic E-state index is 10.8.